The van der Waals surface area contributed by atoms with E-state index in [0.29, 0.717) is 5.92 Å². The highest BCUT2D eigenvalue weighted by atomic mass is 16.5. The third-order valence-corrected chi connectivity index (χ3v) is 3.36. The molecule has 1 aliphatic carbocycles. The molecule has 88 valence electrons. The Labute approximate surface area is 98.8 Å². The highest BCUT2D eigenvalue weighted by Gasteiger charge is 2.22. The van der Waals surface area contributed by atoms with Gasteiger partial charge in [0.1, 0.15) is 5.75 Å². The lowest BCUT2D eigenvalue weighted by Crippen LogP contribution is -2.02. The van der Waals surface area contributed by atoms with Crippen LogP contribution in [0.1, 0.15) is 49.3 Å². The van der Waals surface area contributed by atoms with E-state index in [1.165, 1.54) is 29.5 Å². The molecule has 0 saturated heterocycles. The van der Waals surface area contributed by atoms with Gasteiger partial charge in [0.15, 0.2) is 0 Å². The van der Waals surface area contributed by atoms with Crippen LogP contribution in [0.25, 0.3) is 0 Å². The molecule has 1 heteroatoms. The van der Waals surface area contributed by atoms with Crippen LogP contribution in [-0.2, 0) is 0 Å². The summed E-state index contributed by atoms with van der Waals surface area (Å²) in [7, 11) is 0. The fraction of sp³-hybridized carbons (Fsp3) is 0.600. The Kier molecular flexibility index (Phi) is 3.22. The van der Waals surface area contributed by atoms with Gasteiger partial charge in [0.05, 0.1) is 6.61 Å². The van der Waals surface area contributed by atoms with E-state index in [1.54, 1.807) is 0 Å². The van der Waals surface area contributed by atoms with Gasteiger partial charge in [-0.1, -0.05) is 19.9 Å². The van der Waals surface area contributed by atoms with Gasteiger partial charge in [-0.3, -0.25) is 0 Å². The Hall–Kier alpha value is -0.980. The maximum absolute atomic E-state index is 5.91. The number of benzene rings is 1. The summed E-state index contributed by atoms with van der Waals surface area (Å²) in [6.07, 6.45) is 2.70. The molecule has 1 aliphatic rings. The lowest BCUT2D eigenvalue weighted by atomic mass is 9.96. The predicted octanol–water partition coefficient (Wildman–Crippen LogP) is 4.22. The Balaban J connectivity index is 2.18. The van der Waals surface area contributed by atoms with Gasteiger partial charge in [0.2, 0.25) is 0 Å². The van der Waals surface area contributed by atoms with Gasteiger partial charge < -0.3 is 4.74 Å². The topological polar surface area (TPSA) is 9.23 Å². The van der Waals surface area contributed by atoms with Crippen LogP contribution in [0.2, 0.25) is 0 Å². The number of aryl methyl sites for hydroxylation is 2. The Morgan fingerprint density at radius 1 is 1.19 bits per heavy atom. The van der Waals surface area contributed by atoms with E-state index in [9.17, 15) is 0 Å². The third kappa shape index (κ3) is 2.58. The number of rotatable bonds is 4. The Morgan fingerprint density at radius 3 is 2.44 bits per heavy atom. The molecule has 0 radical (unpaired) electrons. The number of hydrogen-bond acceptors (Lipinski definition) is 1. The first kappa shape index (κ1) is 11.5. The number of ether oxygens (including phenoxy) is 1. The molecule has 1 saturated carbocycles. The van der Waals surface area contributed by atoms with Crippen molar-refractivity contribution in [3.05, 3.63) is 28.8 Å². The summed E-state index contributed by atoms with van der Waals surface area (Å²) < 4.78 is 5.91. The van der Waals surface area contributed by atoms with E-state index in [-0.39, 0.29) is 0 Å². The minimum absolute atomic E-state index is 0.573. The van der Waals surface area contributed by atoms with Gasteiger partial charge >= 0.3 is 0 Å². The molecule has 0 spiro atoms. The van der Waals surface area contributed by atoms with Gasteiger partial charge in [-0.05, 0) is 61.3 Å². The second kappa shape index (κ2) is 4.48. The van der Waals surface area contributed by atoms with Crippen molar-refractivity contribution in [1.29, 1.82) is 0 Å². The van der Waals surface area contributed by atoms with Crippen LogP contribution in [0.3, 0.4) is 0 Å². The molecule has 0 aromatic heterocycles. The third-order valence-electron chi connectivity index (χ3n) is 3.36. The van der Waals surface area contributed by atoms with E-state index in [2.05, 4.69) is 39.8 Å². The molecule has 0 bridgehead atoms. The van der Waals surface area contributed by atoms with Gasteiger partial charge in [-0.25, -0.2) is 0 Å². The highest BCUT2D eigenvalue weighted by molar-refractivity contribution is 5.42. The van der Waals surface area contributed by atoms with Crippen molar-refractivity contribution in [2.45, 2.75) is 46.5 Å². The van der Waals surface area contributed by atoms with Crippen LogP contribution < -0.4 is 4.74 Å². The van der Waals surface area contributed by atoms with Crippen molar-refractivity contribution in [1.82, 2.24) is 0 Å². The van der Waals surface area contributed by atoms with Crippen LogP contribution in [0.4, 0.5) is 0 Å². The predicted molar refractivity (Wildman–Crippen MR) is 68.2 cm³/mol. The largest absolute Gasteiger partial charge is 0.493 e. The van der Waals surface area contributed by atoms with E-state index in [1.807, 2.05) is 0 Å². The highest BCUT2D eigenvalue weighted by Crippen LogP contribution is 2.32. The molecule has 1 nitrogen and oxygen atoms in total. The summed E-state index contributed by atoms with van der Waals surface area (Å²) in [6.45, 7) is 9.71. The quantitative estimate of drug-likeness (QED) is 0.735. The molecule has 2 rings (SSSR count). The van der Waals surface area contributed by atoms with Crippen LogP contribution in [0.5, 0.6) is 5.75 Å². The fourth-order valence-corrected chi connectivity index (χ4v) is 2.12. The molecule has 1 aromatic carbocycles. The van der Waals surface area contributed by atoms with Crippen LogP contribution in [0, 0.1) is 19.8 Å². The van der Waals surface area contributed by atoms with E-state index in [0.717, 1.165) is 18.3 Å². The molecule has 16 heavy (non-hydrogen) atoms. The summed E-state index contributed by atoms with van der Waals surface area (Å²) >= 11 is 0. The molecular weight excluding hydrogens is 196 g/mol. The zero-order valence-electron chi connectivity index (χ0n) is 10.8. The van der Waals surface area contributed by atoms with Crippen LogP contribution >= 0.6 is 0 Å². The van der Waals surface area contributed by atoms with E-state index >= 15 is 0 Å². The normalized spacial score (nSPS) is 15.6. The van der Waals surface area contributed by atoms with Crippen molar-refractivity contribution in [3.8, 4) is 5.75 Å². The monoisotopic (exact) mass is 218 g/mol. The van der Waals surface area contributed by atoms with Gasteiger partial charge in [-0.15, -0.1) is 0 Å². The fourth-order valence-electron chi connectivity index (χ4n) is 2.12. The van der Waals surface area contributed by atoms with Crippen molar-refractivity contribution >= 4 is 0 Å². The summed E-state index contributed by atoms with van der Waals surface area (Å²) in [5.41, 5.74) is 4.06. The maximum Gasteiger partial charge on any atom is 0.122 e. The molecule has 0 aliphatic heterocycles. The first-order valence-electron chi connectivity index (χ1n) is 6.32. The molecular formula is C15H22O. The molecule has 0 amide bonds. The first-order chi connectivity index (χ1) is 7.58. The first-order valence-corrected chi connectivity index (χ1v) is 6.32. The minimum atomic E-state index is 0.573. The zero-order valence-corrected chi connectivity index (χ0v) is 10.8. The Morgan fingerprint density at radius 2 is 1.88 bits per heavy atom. The average molecular weight is 218 g/mol. The van der Waals surface area contributed by atoms with Gasteiger partial charge in [0, 0.05) is 0 Å². The standard InChI is InChI=1S/C15H22O/c1-10(2)14-8-15(12(4)7-11(14)3)16-9-13-5-6-13/h7-8,10,13H,5-6,9H2,1-4H3. The average Bonchev–Trinajstić information content (AvgIpc) is 2.99. The van der Waals surface area contributed by atoms with Crippen molar-refractivity contribution in [3.63, 3.8) is 0 Å². The Bertz CT molecular complexity index is 375. The molecule has 0 N–H and O–H groups in total. The smallest absolute Gasteiger partial charge is 0.122 e. The lowest BCUT2D eigenvalue weighted by molar-refractivity contribution is 0.297. The molecule has 0 atom stereocenters. The molecule has 0 unspecified atom stereocenters. The minimum Gasteiger partial charge on any atom is -0.493 e. The molecule has 1 aromatic rings. The SMILES string of the molecule is Cc1cc(C)c(C(C)C)cc1OCC1CC1. The maximum atomic E-state index is 5.91. The molecule has 0 heterocycles. The number of hydrogen-bond donors (Lipinski definition) is 0. The van der Waals surface area contributed by atoms with E-state index in [4.69, 9.17) is 4.74 Å². The second-order valence-electron chi connectivity index (χ2n) is 5.38. The van der Waals surface area contributed by atoms with Crippen molar-refractivity contribution in [2.75, 3.05) is 6.61 Å². The molecule has 1 fully saturated rings. The summed E-state index contributed by atoms with van der Waals surface area (Å²) in [5, 5.41) is 0. The van der Waals surface area contributed by atoms with Crippen molar-refractivity contribution < 1.29 is 4.74 Å². The summed E-state index contributed by atoms with van der Waals surface area (Å²) in [5.74, 6) is 2.48. The van der Waals surface area contributed by atoms with Crippen molar-refractivity contribution in [2.24, 2.45) is 5.92 Å². The van der Waals surface area contributed by atoms with Crippen LogP contribution in [0.15, 0.2) is 12.1 Å². The lowest BCUT2D eigenvalue weighted by Gasteiger charge is -2.15. The summed E-state index contributed by atoms with van der Waals surface area (Å²) in [4.78, 5) is 0. The second-order valence-corrected chi connectivity index (χ2v) is 5.38. The van der Waals surface area contributed by atoms with Gasteiger partial charge in [0.25, 0.3) is 0 Å². The van der Waals surface area contributed by atoms with Gasteiger partial charge in [-0.2, -0.15) is 0 Å². The zero-order chi connectivity index (χ0) is 11.7. The van der Waals surface area contributed by atoms with Crippen LogP contribution in [-0.4, -0.2) is 6.61 Å². The van der Waals surface area contributed by atoms with E-state index < -0.39 is 0 Å². The summed E-state index contributed by atoms with van der Waals surface area (Å²) in [6, 6.07) is 4.48.